The molecule has 2 aromatic carbocycles. The number of benzene rings is 2. The van der Waals surface area contributed by atoms with Gasteiger partial charge in [0.15, 0.2) is 0 Å². The summed E-state index contributed by atoms with van der Waals surface area (Å²) >= 11 is 0. The van der Waals surface area contributed by atoms with E-state index >= 15 is 0 Å². The van der Waals surface area contributed by atoms with E-state index in [-0.39, 0.29) is 12.1 Å². The average Bonchev–Trinajstić information content (AvgIpc) is 3.61. The summed E-state index contributed by atoms with van der Waals surface area (Å²) in [7, 11) is 0. The van der Waals surface area contributed by atoms with Gasteiger partial charge in [-0.25, -0.2) is 9.97 Å². The van der Waals surface area contributed by atoms with E-state index in [0.717, 1.165) is 46.5 Å². The number of hydrogen-bond donors (Lipinski definition) is 1. The molecule has 0 aliphatic heterocycles. The first-order valence-corrected chi connectivity index (χ1v) is 11.5. The van der Waals surface area contributed by atoms with Gasteiger partial charge in [0.2, 0.25) is 0 Å². The Balaban J connectivity index is 1.59. The lowest BCUT2D eigenvalue weighted by atomic mass is 9.97. The summed E-state index contributed by atoms with van der Waals surface area (Å²) < 4.78 is 43.7. The van der Waals surface area contributed by atoms with Gasteiger partial charge in [0.25, 0.3) is 0 Å². The standard InChI is InChI=1S/C27H22F3N5/c1-15-5-4-6-17-13-18(24(33-23(15)17)19-7-2-3-8-20(19)27(28,29)30)14-35-21-11-12-32-26(31)22(21)25(34-35)16-9-10-16/h2-8,11-13,16H,9-10,14H2,1H3,(H2,31,32). The molecule has 1 saturated carbocycles. The number of nitrogens with zero attached hydrogens (tertiary/aromatic N) is 4. The maximum atomic E-state index is 14.0. The van der Waals surface area contributed by atoms with Crippen molar-refractivity contribution < 1.29 is 13.2 Å². The van der Waals surface area contributed by atoms with Gasteiger partial charge in [0.1, 0.15) is 5.82 Å². The molecule has 0 bridgehead atoms. The molecule has 2 N–H and O–H groups in total. The number of alkyl halides is 3. The van der Waals surface area contributed by atoms with Gasteiger partial charge in [-0.3, -0.25) is 4.68 Å². The molecule has 0 atom stereocenters. The fraction of sp³-hybridized carbons (Fsp3) is 0.222. The van der Waals surface area contributed by atoms with Gasteiger partial charge in [-0.05, 0) is 43.5 Å². The number of halogens is 3. The molecule has 0 amide bonds. The number of anilines is 1. The van der Waals surface area contributed by atoms with Crippen molar-refractivity contribution in [1.82, 2.24) is 19.7 Å². The first-order valence-electron chi connectivity index (χ1n) is 11.5. The lowest BCUT2D eigenvalue weighted by Gasteiger charge is -2.17. The van der Waals surface area contributed by atoms with Crippen LogP contribution in [0.3, 0.4) is 0 Å². The fourth-order valence-electron chi connectivity index (χ4n) is 4.78. The Hall–Kier alpha value is -3.94. The molecular formula is C27H22F3N5. The van der Waals surface area contributed by atoms with Crippen molar-refractivity contribution in [3.05, 3.63) is 83.2 Å². The van der Waals surface area contributed by atoms with Crippen molar-refractivity contribution >= 4 is 27.6 Å². The maximum Gasteiger partial charge on any atom is 0.417 e. The SMILES string of the molecule is Cc1cccc2cc(Cn3nc(C4CC4)c4c(N)nccc43)c(-c3ccccc3C(F)(F)F)nc12. The van der Waals surface area contributed by atoms with Gasteiger partial charge in [-0.2, -0.15) is 18.3 Å². The monoisotopic (exact) mass is 473 g/mol. The highest BCUT2D eigenvalue weighted by Crippen LogP contribution is 2.44. The highest BCUT2D eigenvalue weighted by molar-refractivity contribution is 5.92. The molecule has 6 rings (SSSR count). The normalized spacial score (nSPS) is 14.2. The number of aromatic nitrogens is 4. The molecule has 0 unspecified atom stereocenters. The van der Waals surface area contributed by atoms with Crippen molar-refractivity contribution in [2.75, 3.05) is 5.73 Å². The van der Waals surface area contributed by atoms with E-state index < -0.39 is 11.7 Å². The van der Waals surface area contributed by atoms with Crippen LogP contribution in [0.25, 0.3) is 33.1 Å². The van der Waals surface area contributed by atoms with E-state index in [1.54, 1.807) is 12.3 Å². The first kappa shape index (κ1) is 21.6. The number of nitrogen functional groups attached to an aromatic ring is 1. The minimum atomic E-state index is -4.51. The third-order valence-corrected chi connectivity index (χ3v) is 6.62. The topological polar surface area (TPSA) is 69.6 Å². The van der Waals surface area contributed by atoms with Crippen molar-refractivity contribution in [3.8, 4) is 11.3 Å². The van der Waals surface area contributed by atoms with Crippen molar-refractivity contribution in [2.24, 2.45) is 0 Å². The Labute approximate surface area is 199 Å². The van der Waals surface area contributed by atoms with Crippen LogP contribution in [0.2, 0.25) is 0 Å². The minimum Gasteiger partial charge on any atom is -0.383 e. The zero-order chi connectivity index (χ0) is 24.3. The zero-order valence-electron chi connectivity index (χ0n) is 19.0. The van der Waals surface area contributed by atoms with Gasteiger partial charge in [-0.15, -0.1) is 0 Å². The minimum absolute atomic E-state index is 0.0558. The van der Waals surface area contributed by atoms with Gasteiger partial charge in [0, 0.05) is 28.6 Å². The molecule has 0 radical (unpaired) electrons. The number of rotatable bonds is 4. The van der Waals surface area contributed by atoms with Gasteiger partial charge < -0.3 is 5.73 Å². The van der Waals surface area contributed by atoms with Crippen LogP contribution in [-0.2, 0) is 12.7 Å². The summed E-state index contributed by atoms with van der Waals surface area (Å²) in [6.45, 7) is 2.16. The summed E-state index contributed by atoms with van der Waals surface area (Å²) in [5.41, 5.74) is 9.82. The summed E-state index contributed by atoms with van der Waals surface area (Å²) in [6.07, 6.45) is -0.786. The Morgan fingerprint density at radius 1 is 1.06 bits per heavy atom. The van der Waals surface area contributed by atoms with Crippen LogP contribution in [0, 0.1) is 6.92 Å². The Morgan fingerprint density at radius 2 is 1.86 bits per heavy atom. The second-order valence-corrected chi connectivity index (χ2v) is 9.09. The number of para-hydroxylation sites is 1. The van der Waals surface area contributed by atoms with Crippen LogP contribution in [0.1, 0.15) is 41.1 Å². The number of fused-ring (bicyclic) bond motifs is 2. The molecule has 35 heavy (non-hydrogen) atoms. The van der Waals surface area contributed by atoms with Gasteiger partial charge in [0.05, 0.1) is 39.9 Å². The highest BCUT2D eigenvalue weighted by atomic mass is 19.4. The molecule has 0 saturated heterocycles. The van der Waals surface area contributed by atoms with E-state index in [0.29, 0.717) is 28.5 Å². The van der Waals surface area contributed by atoms with Crippen LogP contribution in [-0.4, -0.2) is 19.7 Å². The van der Waals surface area contributed by atoms with E-state index in [1.807, 2.05) is 41.9 Å². The van der Waals surface area contributed by atoms with Gasteiger partial charge >= 0.3 is 6.18 Å². The Morgan fingerprint density at radius 3 is 2.63 bits per heavy atom. The second kappa shape index (κ2) is 7.80. The average molecular weight is 474 g/mol. The smallest absolute Gasteiger partial charge is 0.383 e. The molecule has 1 fully saturated rings. The summed E-state index contributed by atoms with van der Waals surface area (Å²) in [4.78, 5) is 9.03. The molecular weight excluding hydrogens is 451 g/mol. The predicted octanol–water partition coefficient (Wildman–Crippen LogP) is 6.48. The molecule has 176 valence electrons. The van der Waals surface area contributed by atoms with E-state index in [1.165, 1.54) is 12.1 Å². The summed E-state index contributed by atoms with van der Waals surface area (Å²) in [5, 5.41) is 6.56. The number of nitrogens with two attached hydrogens (primary N) is 1. The fourth-order valence-corrected chi connectivity index (χ4v) is 4.78. The van der Waals surface area contributed by atoms with E-state index in [2.05, 4.69) is 4.98 Å². The van der Waals surface area contributed by atoms with Crippen molar-refractivity contribution in [1.29, 1.82) is 0 Å². The third-order valence-electron chi connectivity index (χ3n) is 6.62. The van der Waals surface area contributed by atoms with Crippen LogP contribution in [0.4, 0.5) is 19.0 Å². The molecule has 5 nitrogen and oxygen atoms in total. The van der Waals surface area contributed by atoms with Crippen LogP contribution >= 0.6 is 0 Å². The molecule has 3 heterocycles. The van der Waals surface area contributed by atoms with E-state index in [4.69, 9.17) is 15.8 Å². The number of hydrogen-bond acceptors (Lipinski definition) is 4. The molecule has 1 aliphatic rings. The summed E-state index contributed by atoms with van der Waals surface area (Å²) in [5.74, 6) is 0.763. The Kier molecular flexibility index (Phi) is 4.81. The lowest BCUT2D eigenvalue weighted by molar-refractivity contribution is -0.137. The number of pyridine rings is 2. The van der Waals surface area contributed by atoms with Crippen LogP contribution in [0.5, 0.6) is 0 Å². The largest absolute Gasteiger partial charge is 0.417 e. The van der Waals surface area contributed by atoms with Crippen molar-refractivity contribution in [3.63, 3.8) is 0 Å². The zero-order valence-corrected chi connectivity index (χ0v) is 19.0. The third kappa shape index (κ3) is 3.69. The van der Waals surface area contributed by atoms with Crippen LogP contribution < -0.4 is 5.73 Å². The quantitative estimate of drug-likeness (QED) is 0.324. The molecule has 8 heteroatoms. The number of aryl methyl sites for hydroxylation is 1. The first-order chi connectivity index (χ1) is 16.8. The summed E-state index contributed by atoms with van der Waals surface area (Å²) in [6, 6.07) is 15.1. The predicted molar refractivity (Wildman–Crippen MR) is 130 cm³/mol. The second-order valence-electron chi connectivity index (χ2n) is 9.09. The molecule has 0 spiro atoms. The molecule has 3 aromatic heterocycles. The lowest BCUT2D eigenvalue weighted by Crippen LogP contribution is -2.10. The molecule has 1 aliphatic carbocycles. The Bertz CT molecular complexity index is 1600. The van der Waals surface area contributed by atoms with Crippen molar-refractivity contribution in [2.45, 2.75) is 38.4 Å². The highest BCUT2D eigenvalue weighted by Gasteiger charge is 2.35. The molecule has 5 aromatic rings. The maximum absolute atomic E-state index is 14.0. The van der Waals surface area contributed by atoms with Gasteiger partial charge in [-0.1, -0.05) is 36.4 Å². The van der Waals surface area contributed by atoms with Crippen LogP contribution in [0.15, 0.2) is 60.8 Å². The van der Waals surface area contributed by atoms with E-state index in [9.17, 15) is 13.2 Å².